The van der Waals surface area contributed by atoms with Gasteiger partial charge in [0, 0.05) is 7.26 Å². The molecule has 0 saturated carbocycles. The molecule has 1 rings (SSSR count). The first-order valence-corrected chi connectivity index (χ1v) is 7.42. The molecule has 70 valence electrons. The van der Waals surface area contributed by atoms with Crippen LogP contribution < -0.4 is 0 Å². The Labute approximate surface area is 77.8 Å². The maximum absolute atomic E-state index is 4.21. The van der Waals surface area contributed by atoms with Crippen LogP contribution in [0.5, 0.6) is 0 Å². The van der Waals surface area contributed by atoms with Gasteiger partial charge < -0.3 is 0 Å². The quantitative estimate of drug-likeness (QED) is 0.567. The molecule has 1 saturated heterocycles. The Morgan fingerprint density at radius 3 is 2.42 bits per heavy atom. The molecule has 0 aromatic heterocycles. The van der Waals surface area contributed by atoms with Crippen LogP contribution >= 0.6 is 7.26 Å². The normalized spacial score (nSPS) is 41.7. The third-order valence-electron chi connectivity index (χ3n) is 3.89. The highest BCUT2D eigenvalue weighted by atomic mass is 31.2. The molecular weight excluding hydrogens is 163 g/mol. The largest absolute Gasteiger partial charge is 0.0740 e. The summed E-state index contributed by atoms with van der Waals surface area (Å²) in [6.45, 7) is 13.7. The van der Waals surface area contributed by atoms with Crippen molar-refractivity contribution in [3.8, 4) is 0 Å². The topological polar surface area (TPSA) is 0 Å². The number of hydrogen-bond acceptors (Lipinski definition) is 0. The van der Waals surface area contributed by atoms with Crippen LogP contribution in [-0.4, -0.2) is 18.0 Å². The summed E-state index contributed by atoms with van der Waals surface area (Å²) in [6.07, 6.45) is 4.26. The van der Waals surface area contributed by atoms with Gasteiger partial charge in [-0.1, -0.05) is 13.5 Å². The molecule has 1 heteroatoms. The lowest BCUT2D eigenvalue weighted by Gasteiger charge is -2.28. The van der Waals surface area contributed by atoms with E-state index in [0.717, 1.165) is 11.3 Å². The molecule has 0 aromatic rings. The van der Waals surface area contributed by atoms with Crippen molar-refractivity contribution in [3.05, 3.63) is 11.9 Å². The van der Waals surface area contributed by atoms with Gasteiger partial charge in [-0.25, -0.2) is 0 Å². The summed E-state index contributed by atoms with van der Waals surface area (Å²) in [5.41, 5.74) is 1.94. The molecule has 0 aliphatic carbocycles. The third-order valence-corrected chi connectivity index (χ3v) is 9.76. The van der Waals surface area contributed by atoms with Crippen LogP contribution in [0.15, 0.2) is 11.9 Å². The Morgan fingerprint density at radius 1 is 1.50 bits per heavy atom. The van der Waals surface area contributed by atoms with Gasteiger partial charge in [0.15, 0.2) is 0 Å². The Hall–Kier alpha value is 0.170. The van der Waals surface area contributed by atoms with Gasteiger partial charge in [0.2, 0.25) is 0 Å². The first kappa shape index (κ1) is 10.3. The molecule has 0 nitrogen and oxygen atoms in total. The van der Waals surface area contributed by atoms with E-state index in [4.69, 9.17) is 0 Å². The fraction of sp³-hybridized carbons (Fsp3) is 0.818. The molecular formula is C11H22P+. The highest BCUT2D eigenvalue weighted by Gasteiger charge is 2.50. The van der Waals surface area contributed by atoms with Crippen LogP contribution in [-0.2, 0) is 0 Å². The predicted octanol–water partition coefficient (Wildman–Crippen LogP) is 4.13. The molecule has 3 atom stereocenters. The molecule has 1 fully saturated rings. The minimum atomic E-state index is -0.788. The minimum Gasteiger partial charge on any atom is -0.0616 e. The number of rotatable bonds is 2. The Morgan fingerprint density at radius 2 is 2.08 bits per heavy atom. The zero-order valence-corrected chi connectivity index (χ0v) is 9.82. The van der Waals surface area contributed by atoms with E-state index in [1.54, 1.807) is 0 Å². The smallest absolute Gasteiger partial charge is 0.0616 e. The van der Waals surface area contributed by atoms with Gasteiger partial charge in [-0.2, -0.15) is 0 Å². The van der Waals surface area contributed by atoms with Gasteiger partial charge >= 0.3 is 0 Å². The second kappa shape index (κ2) is 3.50. The van der Waals surface area contributed by atoms with Gasteiger partial charge in [0.05, 0.1) is 23.3 Å². The third kappa shape index (κ3) is 1.35. The summed E-state index contributed by atoms with van der Waals surface area (Å²) in [7, 11) is -0.788. The van der Waals surface area contributed by atoms with Crippen molar-refractivity contribution in [2.45, 2.75) is 51.4 Å². The van der Waals surface area contributed by atoms with Crippen molar-refractivity contribution < 1.29 is 0 Å². The lowest BCUT2D eigenvalue weighted by Crippen LogP contribution is -2.11. The van der Waals surface area contributed by atoms with E-state index in [9.17, 15) is 0 Å². The zero-order chi connectivity index (χ0) is 9.35. The average Bonchev–Trinajstić information content (AvgIpc) is 2.30. The summed E-state index contributed by atoms with van der Waals surface area (Å²) in [5.74, 6) is 0. The first-order valence-electron chi connectivity index (χ1n) is 5.05. The van der Waals surface area contributed by atoms with E-state index in [1.165, 1.54) is 24.6 Å². The molecule has 1 heterocycles. The molecule has 1 unspecified atom stereocenters. The highest BCUT2D eigenvalue weighted by molar-refractivity contribution is 7.80. The van der Waals surface area contributed by atoms with Gasteiger partial charge in [0.1, 0.15) is 0 Å². The summed E-state index contributed by atoms with van der Waals surface area (Å²) >= 11 is 0. The van der Waals surface area contributed by atoms with Crippen LogP contribution in [0, 0.1) is 0 Å². The Bertz CT molecular complexity index is 185. The molecule has 1 aliphatic rings. The van der Waals surface area contributed by atoms with Gasteiger partial charge in [-0.3, -0.25) is 0 Å². The van der Waals surface area contributed by atoms with E-state index in [-0.39, 0.29) is 0 Å². The predicted molar refractivity (Wildman–Crippen MR) is 60.4 cm³/mol. The minimum absolute atomic E-state index is 0.788. The average molecular weight is 185 g/mol. The van der Waals surface area contributed by atoms with Crippen LogP contribution in [0.25, 0.3) is 0 Å². The summed E-state index contributed by atoms with van der Waals surface area (Å²) in [5, 5.41) is 1.50. The van der Waals surface area contributed by atoms with Gasteiger partial charge in [0.25, 0.3) is 0 Å². The van der Waals surface area contributed by atoms with Crippen molar-refractivity contribution in [3.63, 3.8) is 0 Å². The molecule has 0 spiro atoms. The molecule has 0 bridgehead atoms. The van der Waals surface area contributed by atoms with E-state index in [0.29, 0.717) is 0 Å². The molecule has 0 amide bonds. The molecule has 0 radical (unpaired) electrons. The molecule has 12 heavy (non-hydrogen) atoms. The van der Waals surface area contributed by atoms with Crippen molar-refractivity contribution >= 4 is 7.26 Å². The van der Waals surface area contributed by atoms with Crippen LogP contribution in [0.4, 0.5) is 0 Å². The van der Waals surface area contributed by atoms with Crippen molar-refractivity contribution in [2.24, 2.45) is 0 Å². The van der Waals surface area contributed by atoms with E-state index in [2.05, 4.69) is 34.0 Å². The van der Waals surface area contributed by atoms with Crippen molar-refractivity contribution in [1.29, 1.82) is 0 Å². The number of allylic oxidation sites excluding steroid dienone is 1. The van der Waals surface area contributed by atoms with Crippen LogP contribution in [0.1, 0.15) is 40.0 Å². The van der Waals surface area contributed by atoms with Crippen molar-refractivity contribution in [1.82, 2.24) is 0 Å². The highest BCUT2D eigenvalue weighted by Crippen LogP contribution is 2.75. The molecule has 1 aliphatic heterocycles. The standard InChI is InChI=1S/C11H22P/c1-6-11-8-7-10(4)12(11,5)9(2)3/h10-11H,2,6-8H2,1,3-5H3/q+1/t10-,11-,12?/m1/s1. The summed E-state index contributed by atoms with van der Waals surface area (Å²) in [6, 6.07) is 0. The van der Waals surface area contributed by atoms with Crippen LogP contribution in [0.2, 0.25) is 0 Å². The van der Waals surface area contributed by atoms with E-state index < -0.39 is 7.26 Å². The van der Waals surface area contributed by atoms with E-state index in [1.807, 2.05) is 0 Å². The fourth-order valence-corrected chi connectivity index (χ4v) is 6.83. The molecule has 0 aromatic carbocycles. The Balaban J connectivity index is 2.88. The summed E-state index contributed by atoms with van der Waals surface area (Å²) < 4.78 is 0. The zero-order valence-electron chi connectivity index (χ0n) is 8.93. The van der Waals surface area contributed by atoms with Gasteiger partial charge in [-0.05, 0) is 33.1 Å². The molecule has 0 N–H and O–H groups in total. The Kier molecular flexibility index (Phi) is 2.99. The monoisotopic (exact) mass is 185 g/mol. The van der Waals surface area contributed by atoms with E-state index >= 15 is 0 Å². The second-order valence-electron chi connectivity index (χ2n) is 4.37. The fourth-order valence-electron chi connectivity index (χ4n) is 2.60. The SMILES string of the molecule is C=C(C)[P+]1(C)[C@H](CC)CC[C@H]1C. The lowest BCUT2D eigenvalue weighted by atomic mass is 10.2. The summed E-state index contributed by atoms with van der Waals surface area (Å²) in [4.78, 5) is 0. The first-order chi connectivity index (χ1) is 5.53. The maximum atomic E-state index is 4.21. The lowest BCUT2D eigenvalue weighted by molar-refractivity contribution is 0.725. The second-order valence-corrected chi connectivity index (χ2v) is 9.04. The van der Waals surface area contributed by atoms with Crippen molar-refractivity contribution in [2.75, 3.05) is 6.66 Å². The van der Waals surface area contributed by atoms with Gasteiger partial charge in [-0.15, -0.1) is 0 Å². The number of hydrogen-bond donors (Lipinski definition) is 0. The van der Waals surface area contributed by atoms with Crippen LogP contribution in [0.3, 0.4) is 0 Å². The maximum Gasteiger partial charge on any atom is 0.0740 e.